The molecule has 1 saturated heterocycles. The highest BCUT2D eigenvalue weighted by Crippen LogP contribution is 2.36. The van der Waals surface area contributed by atoms with E-state index in [2.05, 4.69) is 0 Å². The van der Waals surface area contributed by atoms with Gasteiger partial charge in [-0.15, -0.1) is 11.3 Å². The molecule has 110 valence electrons. The Labute approximate surface area is 127 Å². The van der Waals surface area contributed by atoms with E-state index in [4.69, 9.17) is 11.6 Å². The van der Waals surface area contributed by atoms with E-state index >= 15 is 0 Å². The molecule has 1 aromatic heterocycles. The highest BCUT2D eigenvalue weighted by molar-refractivity contribution is 7.13. The third kappa shape index (κ3) is 2.56. The van der Waals surface area contributed by atoms with Crippen molar-refractivity contribution in [1.29, 1.82) is 0 Å². The van der Waals surface area contributed by atoms with Crippen LogP contribution in [-0.2, 0) is 4.79 Å². The first-order chi connectivity index (χ1) is 9.41. The van der Waals surface area contributed by atoms with Gasteiger partial charge in [0.05, 0.1) is 10.4 Å². The van der Waals surface area contributed by atoms with Crippen LogP contribution in [0.2, 0.25) is 5.02 Å². The van der Waals surface area contributed by atoms with Crippen LogP contribution in [0.25, 0.3) is 0 Å². The molecule has 0 unspecified atom stereocenters. The monoisotopic (exact) mass is 315 g/mol. The average Bonchev–Trinajstić information content (AvgIpc) is 2.78. The summed E-state index contributed by atoms with van der Waals surface area (Å²) in [5, 5.41) is 11.7. The SMILES string of the molecule is CCC1(C(=O)O)CCN(C(=O)c2scc(C)c2Cl)CC1. The number of carbonyl (C=O) groups excluding carboxylic acids is 1. The summed E-state index contributed by atoms with van der Waals surface area (Å²) in [7, 11) is 0. The van der Waals surface area contributed by atoms with Crippen molar-refractivity contribution in [3.8, 4) is 0 Å². The minimum absolute atomic E-state index is 0.0804. The van der Waals surface area contributed by atoms with Crippen molar-refractivity contribution in [1.82, 2.24) is 4.90 Å². The number of halogens is 1. The molecule has 2 rings (SSSR count). The number of aliphatic carboxylic acids is 1. The van der Waals surface area contributed by atoms with Gasteiger partial charge < -0.3 is 10.0 Å². The molecular formula is C14H18ClNO3S. The van der Waals surface area contributed by atoms with Crippen LogP contribution in [0.1, 0.15) is 41.4 Å². The van der Waals surface area contributed by atoms with Crippen molar-refractivity contribution < 1.29 is 14.7 Å². The van der Waals surface area contributed by atoms with E-state index in [9.17, 15) is 14.7 Å². The van der Waals surface area contributed by atoms with Crippen molar-refractivity contribution in [2.24, 2.45) is 5.41 Å². The summed E-state index contributed by atoms with van der Waals surface area (Å²) >= 11 is 7.48. The first kappa shape index (κ1) is 15.3. The maximum Gasteiger partial charge on any atom is 0.309 e. The molecule has 6 heteroatoms. The Hall–Kier alpha value is -1.07. The van der Waals surface area contributed by atoms with E-state index in [0.717, 1.165) is 5.56 Å². The number of amides is 1. The van der Waals surface area contributed by atoms with Gasteiger partial charge >= 0.3 is 5.97 Å². The number of carboxylic acid groups (broad SMARTS) is 1. The van der Waals surface area contributed by atoms with Crippen LogP contribution in [0.3, 0.4) is 0 Å². The number of hydrogen-bond acceptors (Lipinski definition) is 3. The van der Waals surface area contributed by atoms with Crippen LogP contribution in [-0.4, -0.2) is 35.0 Å². The second-order valence-electron chi connectivity index (χ2n) is 5.29. The van der Waals surface area contributed by atoms with Crippen molar-refractivity contribution in [2.75, 3.05) is 13.1 Å². The third-order valence-corrected chi connectivity index (χ3v) is 5.92. The minimum Gasteiger partial charge on any atom is -0.481 e. The van der Waals surface area contributed by atoms with Gasteiger partial charge in [0.1, 0.15) is 4.88 Å². The number of hydrogen-bond donors (Lipinski definition) is 1. The fraction of sp³-hybridized carbons (Fsp3) is 0.571. The number of piperidine rings is 1. The van der Waals surface area contributed by atoms with Gasteiger partial charge in [0.2, 0.25) is 0 Å². The Morgan fingerprint density at radius 2 is 2.05 bits per heavy atom. The Balaban J connectivity index is 2.09. The van der Waals surface area contributed by atoms with Crippen molar-refractivity contribution in [3.63, 3.8) is 0 Å². The lowest BCUT2D eigenvalue weighted by molar-refractivity contribution is -0.152. The summed E-state index contributed by atoms with van der Waals surface area (Å²) in [6.45, 7) is 4.72. The first-order valence-electron chi connectivity index (χ1n) is 6.67. The van der Waals surface area contributed by atoms with Gasteiger partial charge in [-0.25, -0.2) is 0 Å². The summed E-state index contributed by atoms with van der Waals surface area (Å²) < 4.78 is 0. The molecule has 1 N–H and O–H groups in total. The minimum atomic E-state index is -0.753. The Morgan fingerprint density at radius 3 is 2.45 bits per heavy atom. The van der Waals surface area contributed by atoms with E-state index in [1.54, 1.807) is 4.90 Å². The van der Waals surface area contributed by atoms with Gasteiger partial charge in [0, 0.05) is 13.1 Å². The Morgan fingerprint density at radius 1 is 1.45 bits per heavy atom. The van der Waals surface area contributed by atoms with Gasteiger partial charge in [-0.05, 0) is 37.1 Å². The highest BCUT2D eigenvalue weighted by Gasteiger charge is 2.41. The lowest BCUT2D eigenvalue weighted by atomic mass is 9.76. The van der Waals surface area contributed by atoms with Crippen LogP contribution in [0, 0.1) is 12.3 Å². The standard InChI is InChI=1S/C14H18ClNO3S/c1-3-14(13(18)19)4-6-16(7-5-14)12(17)11-10(15)9(2)8-20-11/h8H,3-7H2,1-2H3,(H,18,19). The van der Waals surface area contributed by atoms with E-state index in [0.29, 0.717) is 42.3 Å². The molecule has 1 fully saturated rings. The third-order valence-electron chi connectivity index (χ3n) is 4.23. The van der Waals surface area contributed by atoms with Gasteiger partial charge in [0.15, 0.2) is 0 Å². The van der Waals surface area contributed by atoms with Crippen molar-refractivity contribution in [2.45, 2.75) is 33.1 Å². The predicted molar refractivity (Wildman–Crippen MR) is 79.6 cm³/mol. The summed E-state index contributed by atoms with van der Waals surface area (Å²) in [6, 6.07) is 0. The molecule has 1 aliphatic rings. The zero-order chi connectivity index (χ0) is 14.9. The number of aryl methyl sites for hydroxylation is 1. The fourth-order valence-corrected chi connectivity index (χ4v) is 3.81. The number of likely N-dealkylation sites (tertiary alicyclic amines) is 1. The van der Waals surface area contributed by atoms with Crippen LogP contribution < -0.4 is 0 Å². The highest BCUT2D eigenvalue weighted by atomic mass is 35.5. The topological polar surface area (TPSA) is 57.6 Å². The van der Waals surface area contributed by atoms with E-state index in [1.165, 1.54) is 11.3 Å². The summed E-state index contributed by atoms with van der Waals surface area (Å²) in [5.74, 6) is -0.833. The van der Waals surface area contributed by atoms with Crippen LogP contribution in [0.4, 0.5) is 0 Å². The molecular weight excluding hydrogens is 298 g/mol. The number of rotatable bonds is 3. The number of nitrogens with zero attached hydrogens (tertiary/aromatic N) is 1. The zero-order valence-electron chi connectivity index (χ0n) is 11.6. The average molecular weight is 316 g/mol. The first-order valence-corrected chi connectivity index (χ1v) is 7.93. The molecule has 0 aromatic carbocycles. The summed E-state index contributed by atoms with van der Waals surface area (Å²) in [4.78, 5) is 26.1. The maximum absolute atomic E-state index is 12.4. The van der Waals surface area contributed by atoms with E-state index in [-0.39, 0.29) is 5.91 Å². The van der Waals surface area contributed by atoms with Crippen LogP contribution in [0.15, 0.2) is 5.38 Å². The van der Waals surface area contributed by atoms with Gasteiger partial charge in [-0.3, -0.25) is 9.59 Å². The Bertz CT molecular complexity index is 533. The molecule has 1 amide bonds. The molecule has 0 spiro atoms. The summed E-state index contributed by atoms with van der Waals surface area (Å²) in [6.07, 6.45) is 1.61. The Kier molecular flexibility index (Phi) is 4.39. The predicted octanol–water partition coefficient (Wildman–Crippen LogP) is 3.43. The molecule has 0 radical (unpaired) electrons. The largest absolute Gasteiger partial charge is 0.481 e. The maximum atomic E-state index is 12.4. The number of thiophene rings is 1. The van der Waals surface area contributed by atoms with Crippen LogP contribution in [0.5, 0.6) is 0 Å². The molecule has 2 heterocycles. The molecule has 1 aliphatic heterocycles. The van der Waals surface area contributed by atoms with Crippen molar-refractivity contribution in [3.05, 3.63) is 20.8 Å². The van der Waals surface area contributed by atoms with E-state index in [1.807, 2.05) is 19.2 Å². The molecule has 0 bridgehead atoms. The normalized spacial score (nSPS) is 18.1. The molecule has 0 saturated carbocycles. The molecule has 20 heavy (non-hydrogen) atoms. The lowest BCUT2D eigenvalue weighted by Gasteiger charge is -2.38. The molecule has 4 nitrogen and oxygen atoms in total. The second-order valence-corrected chi connectivity index (χ2v) is 6.55. The number of carboxylic acids is 1. The smallest absolute Gasteiger partial charge is 0.309 e. The molecule has 1 aromatic rings. The summed E-state index contributed by atoms with van der Waals surface area (Å²) in [5.41, 5.74) is 0.233. The quantitative estimate of drug-likeness (QED) is 0.929. The van der Waals surface area contributed by atoms with Crippen LogP contribution >= 0.6 is 22.9 Å². The fourth-order valence-electron chi connectivity index (χ4n) is 2.57. The molecule has 0 atom stereocenters. The van der Waals surface area contributed by atoms with Gasteiger partial charge in [-0.2, -0.15) is 0 Å². The zero-order valence-corrected chi connectivity index (χ0v) is 13.2. The van der Waals surface area contributed by atoms with Gasteiger partial charge in [-0.1, -0.05) is 18.5 Å². The molecule has 0 aliphatic carbocycles. The van der Waals surface area contributed by atoms with E-state index < -0.39 is 11.4 Å². The van der Waals surface area contributed by atoms with Crippen molar-refractivity contribution >= 4 is 34.8 Å². The second kappa shape index (κ2) is 5.74. The number of carbonyl (C=O) groups is 2. The van der Waals surface area contributed by atoms with Gasteiger partial charge in [0.25, 0.3) is 5.91 Å². The lowest BCUT2D eigenvalue weighted by Crippen LogP contribution is -2.46.